The molecule has 0 aliphatic carbocycles. The highest BCUT2D eigenvalue weighted by atomic mass is 35.5. The fourth-order valence-corrected chi connectivity index (χ4v) is 0.157. The normalized spacial score (nSPS) is 10.9. The van der Waals surface area contributed by atoms with Crippen LogP contribution in [0.4, 0.5) is 0 Å². The first-order valence-corrected chi connectivity index (χ1v) is 2.72. The van der Waals surface area contributed by atoms with Crippen LogP contribution in [0, 0.1) is 5.41 Å². The Hall–Kier alpha value is -0.300. The summed E-state index contributed by atoms with van der Waals surface area (Å²) in [5.74, 6) is 0. The molecule has 0 saturated heterocycles. The van der Waals surface area contributed by atoms with Gasteiger partial charge in [-0.05, 0) is 25.4 Å². The molecule has 0 N–H and O–H groups in total. The maximum atomic E-state index is 10.4. The quantitative estimate of drug-likeness (QED) is 0.415. The minimum Gasteiger partial charge on any atom is -0.280 e. The van der Waals surface area contributed by atoms with Crippen molar-refractivity contribution in [1.29, 1.82) is 0 Å². The SMILES string of the molecule is C=CC(C)(C)C(=O)Cl. The third-order valence-corrected chi connectivity index (χ3v) is 1.50. The highest BCUT2D eigenvalue weighted by molar-refractivity contribution is 6.64. The second-order valence-electron chi connectivity index (χ2n) is 2.20. The molecule has 0 fully saturated rings. The molecule has 1 nitrogen and oxygen atoms in total. The molecule has 2 heteroatoms. The van der Waals surface area contributed by atoms with E-state index in [1.54, 1.807) is 13.8 Å². The van der Waals surface area contributed by atoms with Crippen LogP contribution in [0.1, 0.15) is 13.8 Å². The number of allylic oxidation sites excluding steroid dienone is 1. The highest BCUT2D eigenvalue weighted by Crippen LogP contribution is 2.18. The van der Waals surface area contributed by atoms with Crippen LogP contribution in [-0.4, -0.2) is 5.24 Å². The maximum absolute atomic E-state index is 10.4. The Kier molecular flexibility index (Phi) is 2.23. The molecule has 0 radical (unpaired) electrons. The monoisotopic (exact) mass is 132 g/mol. The van der Waals surface area contributed by atoms with Gasteiger partial charge in [0.15, 0.2) is 0 Å². The molecule has 0 saturated carbocycles. The molecule has 46 valence electrons. The molecule has 8 heavy (non-hydrogen) atoms. The zero-order valence-corrected chi connectivity index (χ0v) is 5.83. The van der Waals surface area contributed by atoms with Crippen molar-refractivity contribution in [2.24, 2.45) is 5.41 Å². The molecule has 0 unspecified atom stereocenters. The predicted molar refractivity (Wildman–Crippen MR) is 34.8 cm³/mol. The van der Waals surface area contributed by atoms with Gasteiger partial charge < -0.3 is 0 Å². The Labute approximate surface area is 54.3 Å². The predicted octanol–water partition coefficient (Wildman–Crippen LogP) is 1.96. The van der Waals surface area contributed by atoms with Crippen molar-refractivity contribution < 1.29 is 4.79 Å². The molecule has 0 aliphatic rings. The summed E-state index contributed by atoms with van der Waals surface area (Å²) in [5, 5.41) is -0.368. The fourth-order valence-electron chi connectivity index (χ4n) is 0.0802. The van der Waals surface area contributed by atoms with E-state index < -0.39 is 5.41 Å². The molecule has 0 aromatic heterocycles. The maximum Gasteiger partial charge on any atom is 0.231 e. The molecular weight excluding hydrogens is 124 g/mol. The zero-order chi connectivity index (χ0) is 6.78. The molecule has 0 aromatic carbocycles. The van der Waals surface area contributed by atoms with Crippen LogP contribution in [0.25, 0.3) is 0 Å². The van der Waals surface area contributed by atoms with Crippen LogP contribution in [0.2, 0.25) is 0 Å². The summed E-state index contributed by atoms with van der Waals surface area (Å²) < 4.78 is 0. The number of carbonyl (C=O) groups is 1. The van der Waals surface area contributed by atoms with Gasteiger partial charge in [0.25, 0.3) is 0 Å². The van der Waals surface area contributed by atoms with E-state index in [0.717, 1.165) is 0 Å². The summed E-state index contributed by atoms with van der Waals surface area (Å²) in [5.41, 5.74) is -0.568. The van der Waals surface area contributed by atoms with Gasteiger partial charge in [0.1, 0.15) is 0 Å². The second kappa shape index (κ2) is 2.31. The van der Waals surface area contributed by atoms with Crippen molar-refractivity contribution in [3.8, 4) is 0 Å². The number of hydrogen-bond acceptors (Lipinski definition) is 1. The van der Waals surface area contributed by atoms with Gasteiger partial charge in [0.05, 0.1) is 5.41 Å². The van der Waals surface area contributed by atoms with Gasteiger partial charge >= 0.3 is 0 Å². The van der Waals surface area contributed by atoms with Crippen LogP contribution < -0.4 is 0 Å². The molecule has 0 spiro atoms. The van der Waals surface area contributed by atoms with Crippen molar-refractivity contribution in [3.05, 3.63) is 12.7 Å². The highest BCUT2D eigenvalue weighted by Gasteiger charge is 2.20. The third kappa shape index (κ3) is 1.66. The lowest BCUT2D eigenvalue weighted by molar-refractivity contribution is -0.116. The topological polar surface area (TPSA) is 17.1 Å². The van der Waals surface area contributed by atoms with E-state index in [1.165, 1.54) is 6.08 Å². The van der Waals surface area contributed by atoms with Crippen LogP contribution in [-0.2, 0) is 4.79 Å². The lowest BCUT2D eigenvalue weighted by atomic mass is 9.96. The standard InChI is InChI=1S/C6H9ClO/c1-4-6(2,3)5(7)8/h4H,1H2,2-3H3. The third-order valence-electron chi connectivity index (χ3n) is 1.02. The minimum absolute atomic E-state index is 0.368. The van der Waals surface area contributed by atoms with Gasteiger partial charge in [-0.1, -0.05) is 6.08 Å². The number of rotatable bonds is 2. The molecular formula is C6H9ClO. The first-order valence-electron chi connectivity index (χ1n) is 2.34. The average Bonchev–Trinajstić information content (AvgIpc) is 1.67. The van der Waals surface area contributed by atoms with Gasteiger partial charge in [-0.2, -0.15) is 0 Å². The molecule has 0 aromatic rings. The molecule has 0 amide bonds. The number of halogens is 1. The lowest BCUT2D eigenvalue weighted by Gasteiger charge is -2.11. The summed E-state index contributed by atoms with van der Waals surface area (Å²) in [7, 11) is 0. The zero-order valence-electron chi connectivity index (χ0n) is 5.07. The molecule has 0 atom stereocenters. The van der Waals surface area contributed by atoms with E-state index in [0.29, 0.717) is 0 Å². The lowest BCUT2D eigenvalue weighted by Crippen LogP contribution is -2.14. The van der Waals surface area contributed by atoms with Crippen LogP contribution in [0.15, 0.2) is 12.7 Å². The van der Waals surface area contributed by atoms with Crippen LogP contribution >= 0.6 is 11.6 Å². The minimum atomic E-state index is -0.568. The van der Waals surface area contributed by atoms with Crippen molar-refractivity contribution in [3.63, 3.8) is 0 Å². The Morgan fingerprint density at radius 2 is 2.12 bits per heavy atom. The van der Waals surface area contributed by atoms with E-state index in [4.69, 9.17) is 11.6 Å². The summed E-state index contributed by atoms with van der Waals surface area (Å²) in [6.07, 6.45) is 1.53. The fraction of sp³-hybridized carbons (Fsp3) is 0.500. The van der Waals surface area contributed by atoms with E-state index >= 15 is 0 Å². The van der Waals surface area contributed by atoms with Crippen molar-refractivity contribution in [1.82, 2.24) is 0 Å². The molecule has 0 heterocycles. The van der Waals surface area contributed by atoms with Gasteiger partial charge in [-0.15, -0.1) is 6.58 Å². The van der Waals surface area contributed by atoms with Gasteiger partial charge in [0, 0.05) is 0 Å². The summed E-state index contributed by atoms with van der Waals surface area (Å²) in [6.45, 7) is 6.88. The largest absolute Gasteiger partial charge is 0.280 e. The van der Waals surface area contributed by atoms with Crippen molar-refractivity contribution in [2.45, 2.75) is 13.8 Å². The van der Waals surface area contributed by atoms with Crippen LogP contribution in [0.3, 0.4) is 0 Å². The second-order valence-corrected chi connectivity index (χ2v) is 2.54. The van der Waals surface area contributed by atoms with E-state index in [-0.39, 0.29) is 5.24 Å². The van der Waals surface area contributed by atoms with Gasteiger partial charge in [0.2, 0.25) is 5.24 Å². The van der Waals surface area contributed by atoms with E-state index in [2.05, 4.69) is 6.58 Å². The van der Waals surface area contributed by atoms with E-state index in [9.17, 15) is 4.79 Å². The Morgan fingerprint density at radius 1 is 1.75 bits per heavy atom. The van der Waals surface area contributed by atoms with Crippen molar-refractivity contribution in [2.75, 3.05) is 0 Å². The smallest absolute Gasteiger partial charge is 0.231 e. The Bertz CT molecular complexity index is 116. The average molecular weight is 133 g/mol. The molecule has 0 rings (SSSR count). The Balaban J connectivity index is 4.12. The summed E-state index contributed by atoms with van der Waals surface area (Å²) >= 11 is 5.16. The number of carbonyl (C=O) groups excluding carboxylic acids is 1. The van der Waals surface area contributed by atoms with E-state index in [1.807, 2.05) is 0 Å². The Morgan fingerprint density at radius 3 is 2.12 bits per heavy atom. The first kappa shape index (κ1) is 7.70. The summed E-state index contributed by atoms with van der Waals surface area (Å²) in [6, 6.07) is 0. The number of hydrogen-bond donors (Lipinski definition) is 0. The van der Waals surface area contributed by atoms with Crippen molar-refractivity contribution >= 4 is 16.8 Å². The summed E-state index contributed by atoms with van der Waals surface area (Å²) in [4.78, 5) is 10.4. The molecule has 0 aliphatic heterocycles. The first-order chi connectivity index (χ1) is 3.50. The molecule has 0 bridgehead atoms. The van der Waals surface area contributed by atoms with Gasteiger partial charge in [-0.25, -0.2) is 0 Å². The van der Waals surface area contributed by atoms with Gasteiger partial charge in [-0.3, -0.25) is 4.79 Å². The van der Waals surface area contributed by atoms with Crippen LogP contribution in [0.5, 0.6) is 0 Å².